The van der Waals surface area contributed by atoms with Crippen molar-refractivity contribution in [3.8, 4) is 12.3 Å². The van der Waals surface area contributed by atoms with E-state index in [1.807, 2.05) is 17.8 Å². The van der Waals surface area contributed by atoms with Gasteiger partial charge in [0.15, 0.2) is 0 Å². The monoisotopic (exact) mass is 177 g/mol. The summed E-state index contributed by atoms with van der Waals surface area (Å²) in [5.74, 6) is 2.60. The molecule has 70 valence electrons. The molecular weight excluding hydrogens is 162 g/mol. The van der Waals surface area contributed by atoms with Crippen molar-refractivity contribution in [2.45, 2.75) is 32.4 Å². The Morgan fingerprint density at radius 3 is 3.08 bits per heavy atom. The van der Waals surface area contributed by atoms with E-state index in [0.717, 1.165) is 24.9 Å². The normalized spacial score (nSPS) is 12.4. The highest BCUT2D eigenvalue weighted by Crippen LogP contribution is 2.07. The van der Waals surface area contributed by atoms with E-state index in [2.05, 4.69) is 11.0 Å². The van der Waals surface area contributed by atoms with E-state index in [0.29, 0.717) is 0 Å². The molecule has 0 saturated heterocycles. The number of nitrogens with two attached hydrogens (primary N) is 1. The topological polar surface area (TPSA) is 43.8 Å². The van der Waals surface area contributed by atoms with Crippen LogP contribution in [0.4, 0.5) is 0 Å². The van der Waals surface area contributed by atoms with Crippen LogP contribution in [0, 0.1) is 12.3 Å². The lowest BCUT2D eigenvalue weighted by Gasteiger charge is -1.99. The summed E-state index contributed by atoms with van der Waals surface area (Å²) in [6, 6.07) is 0.0568. The number of hydrogen-bond donors (Lipinski definition) is 1. The molecule has 3 nitrogen and oxygen atoms in total. The second kappa shape index (κ2) is 4.68. The molecule has 0 saturated carbocycles. The number of hydrogen-bond acceptors (Lipinski definition) is 2. The van der Waals surface area contributed by atoms with E-state index in [1.54, 1.807) is 6.20 Å². The molecular formula is C10H15N3. The highest BCUT2D eigenvalue weighted by Gasteiger charge is 2.01. The van der Waals surface area contributed by atoms with Gasteiger partial charge in [-0.3, -0.25) is 4.68 Å². The van der Waals surface area contributed by atoms with Gasteiger partial charge in [-0.2, -0.15) is 5.10 Å². The van der Waals surface area contributed by atoms with Gasteiger partial charge in [0, 0.05) is 30.8 Å². The van der Waals surface area contributed by atoms with Gasteiger partial charge in [0.25, 0.3) is 0 Å². The molecule has 1 atom stereocenters. The Morgan fingerprint density at radius 1 is 1.77 bits per heavy atom. The summed E-state index contributed by atoms with van der Waals surface area (Å²) in [5.41, 5.74) is 6.77. The Balaban J connectivity index is 2.45. The van der Waals surface area contributed by atoms with E-state index >= 15 is 0 Å². The predicted octanol–water partition coefficient (Wildman–Crippen LogP) is 1.32. The van der Waals surface area contributed by atoms with Crippen LogP contribution in [-0.2, 0) is 6.54 Å². The van der Waals surface area contributed by atoms with E-state index in [1.165, 1.54) is 0 Å². The third-order valence-electron chi connectivity index (χ3n) is 1.89. The van der Waals surface area contributed by atoms with Crippen molar-refractivity contribution < 1.29 is 0 Å². The Morgan fingerprint density at radius 2 is 2.54 bits per heavy atom. The van der Waals surface area contributed by atoms with Crippen LogP contribution in [0.5, 0.6) is 0 Å². The molecule has 0 aliphatic carbocycles. The molecule has 0 aromatic carbocycles. The van der Waals surface area contributed by atoms with Crippen molar-refractivity contribution in [1.82, 2.24) is 9.78 Å². The first-order valence-electron chi connectivity index (χ1n) is 4.45. The molecule has 0 aliphatic rings. The molecule has 0 bridgehead atoms. The zero-order valence-corrected chi connectivity index (χ0v) is 7.90. The molecule has 1 rings (SSSR count). The molecule has 1 heterocycles. The summed E-state index contributed by atoms with van der Waals surface area (Å²) < 4.78 is 1.88. The molecule has 1 aromatic rings. The third-order valence-corrected chi connectivity index (χ3v) is 1.89. The van der Waals surface area contributed by atoms with Gasteiger partial charge in [-0.05, 0) is 13.3 Å². The molecule has 13 heavy (non-hydrogen) atoms. The van der Waals surface area contributed by atoms with Gasteiger partial charge in [-0.25, -0.2) is 0 Å². The molecule has 0 amide bonds. The maximum Gasteiger partial charge on any atom is 0.0537 e. The largest absolute Gasteiger partial charge is 0.324 e. The fourth-order valence-electron chi connectivity index (χ4n) is 1.08. The summed E-state index contributed by atoms with van der Waals surface area (Å²) in [5, 5.41) is 4.18. The maximum absolute atomic E-state index is 5.70. The number of terminal acetylenes is 1. The first-order chi connectivity index (χ1) is 6.24. The van der Waals surface area contributed by atoms with Crippen molar-refractivity contribution in [1.29, 1.82) is 0 Å². The standard InChI is InChI=1S/C10H15N3/c1-3-4-5-6-13-8-10(7-12-13)9(2)11/h1,7-9H,4-6,11H2,2H3/t9-/m0/s1. The quantitative estimate of drug-likeness (QED) is 0.556. The van der Waals surface area contributed by atoms with Gasteiger partial charge in [-0.15, -0.1) is 12.3 Å². The molecule has 3 heteroatoms. The lowest BCUT2D eigenvalue weighted by molar-refractivity contribution is 0.586. The molecule has 0 aliphatic heterocycles. The average Bonchev–Trinajstić information content (AvgIpc) is 2.53. The molecule has 0 radical (unpaired) electrons. The van der Waals surface area contributed by atoms with Gasteiger partial charge in [-0.1, -0.05) is 0 Å². The summed E-state index contributed by atoms with van der Waals surface area (Å²) in [6.07, 6.45) is 10.7. The Labute approximate surface area is 78.9 Å². The molecule has 2 N–H and O–H groups in total. The fraction of sp³-hybridized carbons (Fsp3) is 0.500. The second-order valence-corrected chi connectivity index (χ2v) is 3.13. The lowest BCUT2D eigenvalue weighted by Crippen LogP contribution is -2.03. The summed E-state index contributed by atoms with van der Waals surface area (Å²) >= 11 is 0. The highest BCUT2D eigenvalue weighted by atomic mass is 15.3. The zero-order valence-electron chi connectivity index (χ0n) is 7.90. The van der Waals surface area contributed by atoms with Crippen LogP contribution in [0.15, 0.2) is 12.4 Å². The van der Waals surface area contributed by atoms with Gasteiger partial charge < -0.3 is 5.73 Å². The van der Waals surface area contributed by atoms with Gasteiger partial charge >= 0.3 is 0 Å². The van der Waals surface area contributed by atoms with E-state index in [-0.39, 0.29) is 6.04 Å². The molecule has 0 spiro atoms. The molecule has 1 aromatic heterocycles. The number of rotatable bonds is 4. The van der Waals surface area contributed by atoms with E-state index < -0.39 is 0 Å². The van der Waals surface area contributed by atoms with Crippen molar-refractivity contribution in [2.75, 3.05) is 0 Å². The first-order valence-corrected chi connectivity index (χ1v) is 4.45. The van der Waals surface area contributed by atoms with Crippen molar-refractivity contribution in [2.24, 2.45) is 5.73 Å². The van der Waals surface area contributed by atoms with Gasteiger partial charge in [0.2, 0.25) is 0 Å². The van der Waals surface area contributed by atoms with Crippen molar-refractivity contribution in [3.63, 3.8) is 0 Å². The first kappa shape index (κ1) is 9.82. The number of aryl methyl sites for hydroxylation is 1. The molecule has 0 unspecified atom stereocenters. The number of unbranched alkanes of at least 4 members (excludes halogenated alkanes) is 1. The summed E-state index contributed by atoms with van der Waals surface area (Å²) in [6.45, 7) is 2.82. The van der Waals surface area contributed by atoms with Crippen LogP contribution in [0.1, 0.15) is 31.4 Å². The zero-order chi connectivity index (χ0) is 9.68. The smallest absolute Gasteiger partial charge is 0.0537 e. The van der Waals surface area contributed by atoms with Crippen LogP contribution in [-0.4, -0.2) is 9.78 Å². The Kier molecular flexibility index (Phi) is 3.53. The number of nitrogens with zero attached hydrogens (tertiary/aromatic N) is 2. The van der Waals surface area contributed by atoms with E-state index in [4.69, 9.17) is 12.2 Å². The Bertz CT molecular complexity index is 293. The van der Waals surface area contributed by atoms with E-state index in [9.17, 15) is 0 Å². The molecule has 0 fully saturated rings. The third kappa shape index (κ3) is 2.92. The van der Waals surface area contributed by atoms with Crippen LogP contribution < -0.4 is 5.73 Å². The van der Waals surface area contributed by atoms with Crippen LogP contribution in [0.3, 0.4) is 0 Å². The van der Waals surface area contributed by atoms with Crippen LogP contribution >= 0.6 is 0 Å². The van der Waals surface area contributed by atoms with Gasteiger partial charge in [0.05, 0.1) is 6.20 Å². The number of aromatic nitrogens is 2. The maximum atomic E-state index is 5.70. The lowest BCUT2D eigenvalue weighted by atomic mass is 10.2. The minimum atomic E-state index is 0.0568. The average molecular weight is 177 g/mol. The second-order valence-electron chi connectivity index (χ2n) is 3.13. The summed E-state index contributed by atoms with van der Waals surface area (Å²) in [4.78, 5) is 0. The van der Waals surface area contributed by atoms with Crippen molar-refractivity contribution >= 4 is 0 Å². The predicted molar refractivity (Wildman–Crippen MR) is 52.9 cm³/mol. The highest BCUT2D eigenvalue weighted by molar-refractivity contribution is 5.08. The van der Waals surface area contributed by atoms with Crippen molar-refractivity contribution in [3.05, 3.63) is 18.0 Å². The van der Waals surface area contributed by atoms with Crippen LogP contribution in [0.2, 0.25) is 0 Å². The minimum absolute atomic E-state index is 0.0568. The van der Waals surface area contributed by atoms with Gasteiger partial charge in [0.1, 0.15) is 0 Å². The van der Waals surface area contributed by atoms with Crippen LogP contribution in [0.25, 0.3) is 0 Å². The minimum Gasteiger partial charge on any atom is -0.324 e. The SMILES string of the molecule is C#CCCCn1cc([C@H](C)N)cn1. The summed E-state index contributed by atoms with van der Waals surface area (Å²) in [7, 11) is 0. The Hall–Kier alpha value is -1.27. The fourth-order valence-corrected chi connectivity index (χ4v) is 1.08.